The number of nitrogen functional groups attached to an aromatic ring is 1. The molecular formula is C15H16N4O. The Labute approximate surface area is 118 Å². The molecule has 5 heteroatoms. The molecular weight excluding hydrogens is 252 g/mol. The van der Waals surface area contributed by atoms with Crippen LogP contribution in [0.25, 0.3) is 0 Å². The summed E-state index contributed by atoms with van der Waals surface area (Å²) in [6.45, 7) is 0.202. The summed E-state index contributed by atoms with van der Waals surface area (Å²) in [4.78, 5) is 1.87. The van der Waals surface area contributed by atoms with E-state index < -0.39 is 0 Å². The molecule has 1 aliphatic rings. The van der Waals surface area contributed by atoms with Gasteiger partial charge < -0.3 is 15.4 Å². The van der Waals surface area contributed by atoms with E-state index in [4.69, 9.17) is 15.7 Å². The lowest BCUT2D eigenvalue weighted by atomic mass is 10.2. The monoisotopic (exact) mass is 268 g/mol. The van der Waals surface area contributed by atoms with Gasteiger partial charge in [-0.3, -0.25) is 0 Å². The minimum Gasteiger partial charge on any atom is -0.495 e. The van der Waals surface area contributed by atoms with Crippen molar-refractivity contribution in [3.8, 4) is 17.9 Å². The summed E-state index contributed by atoms with van der Waals surface area (Å²) in [5, 5.41) is 18.2. The van der Waals surface area contributed by atoms with Gasteiger partial charge >= 0.3 is 0 Å². The second-order valence-corrected chi connectivity index (χ2v) is 4.56. The van der Waals surface area contributed by atoms with Crippen molar-refractivity contribution in [3.63, 3.8) is 0 Å². The topological polar surface area (TPSA) is 86.1 Å². The smallest absolute Gasteiger partial charge is 0.143 e. The van der Waals surface area contributed by atoms with Crippen molar-refractivity contribution < 1.29 is 4.74 Å². The molecule has 2 rings (SSSR count). The number of methoxy groups -OCH3 is 1. The van der Waals surface area contributed by atoms with Crippen LogP contribution in [-0.2, 0) is 0 Å². The lowest BCUT2D eigenvalue weighted by Crippen LogP contribution is -2.22. The summed E-state index contributed by atoms with van der Waals surface area (Å²) in [5.74, 6) is 0.572. The van der Waals surface area contributed by atoms with Gasteiger partial charge in [0.1, 0.15) is 12.3 Å². The summed E-state index contributed by atoms with van der Waals surface area (Å²) in [6.07, 6.45) is 2.55. The van der Waals surface area contributed by atoms with Crippen LogP contribution in [0, 0.1) is 22.7 Å². The van der Waals surface area contributed by atoms with Crippen molar-refractivity contribution >= 4 is 11.4 Å². The third-order valence-corrected chi connectivity index (χ3v) is 3.41. The molecule has 0 saturated carbocycles. The van der Waals surface area contributed by atoms with E-state index in [0.29, 0.717) is 11.4 Å². The molecule has 1 aromatic rings. The number of nitrogens with two attached hydrogens (primary N) is 1. The fraction of sp³-hybridized carbons (Fsp3) is 0.333. The fourth-order valence-corrected chi connectivity index (χ4v) is 2.43. The van der Waals surface area contributed by atoms with Crippen molar-refractivity contribution in [2.24, 2.45) is 0 Å². The zero-order chi connectivity index (χ0) is 14.5. The average Bonchev–Trinajstić information content (AvgIpc) is 2.93. The van der Waals surface area contributed by atoms with Crippen LogP contribution in [0.2, 0.25) is 0 Å². The minimum atomic E-state index is 0.202. The van der Waals surface area contributed by atoms with Crippen LogP contribution in [-0.4, -0.2) is 13.7 Å². The highest BCUT2D eigenvalue weighted by Gasteiger charge is 2.22. The summed E-state index contributed by atoms with van der Waals surface area (Å²) in [6, 6.07) is 9.78. The molecule has 0 spiro atoms. The quantitative estimate of drug-likeness (QED) is 0.670. The number of ether oxygens (including phenoxy) is 1. The lowest BCUT2D eigenvalue weighted by molar-refractivity contribution is 0.417. The Balaban J connectivity index is 2.45. The molecule has 1 aromatic carbocycles. The molecule has 0 aromatic heterocycles. The van der Waals surface area contributed by atoms with E-state index >= 15 is 0 Å². The zero-order valence-corrected chi connectivity index (χ0v) is 11.4. The van der Waals surface area contributed by atoms with E-state index in [-0.39, 0.29) is 6.54 Å². The summed E-state index contributed by atoms with van der Waals surface area (Å²) >= 11 is 0. The summed E-state index contributed by atoms with van der Waals surface area (Å²) < 4.78 is 5.21. The predicted octanol–water partition coefficient (Wildman–Crippen LogP) is 2.57. The molecule has 0 atom stereocenters. The number of benzene rings is 1. The van der Waals surface area contributed by atoms with E-state index in [0.717, 1.165) is 36.2 Å². The van der Waals surface area contributed by atoms with Gasteiger partial charge in [0.15, 0.2) is 0 Å². The second kappa shape index (κ2) is 5.99. The molecule has 0 radical (unpaired) electrons. The van der Waals surface area contributed by atoms with Gasteiger partial charge in [-0.05, 0) is 31.4 Å². The van der Waals surface area contributed by atoms with Crippen LogP contribution >= 0.6 is 0 Å². The van der Waals surface area contributed by atoms with E-state index in [9.17, 15) is 5.26 Å². The Morgan fingerprint density at radius 1 is 1.35 bits per heavy atom. The average molecular weight is 268 g/mol. The molecule has 5 nitrogen and oxygen atoms in total. The molecule has 1 aliphatic carbocycles. The fourth-order valence-electron chi connectivity index (χ4n) is 2.43. The molecule has 0 bridgehead atoms. The van der Waals surface area contributed by atoms with Gasteiger partial charge in [-0.25, -0.2) is 0 Å². The molecule has 0 heterocycles. The first-order chi connectivity index (χ1) is 9.71. The first kappa shape index (κ1) is 13.8. The highest BCUT2D eigenvalue weighted by atomic mass is 16.5. The number of nitriles is 2. The van der Waals surface area contributed by atoms with Gasteiger partial charge in [-0.15, -0.1) is 0 Å². The maximum Gasteiger partial charge on any atom is 0.143 e. The van der Waals surface area contributed by atoms with Gasteiger partial charge in [0, 0.05) is 23.0 Å². The normalized spacial score (nSPS) is 13.8. The van der Waals surface area contributed by atoms with Crippen molar-refractivity contribution in [2.45, 2.75) is 19.3 Å². The molecule has 0 unspecified atom stereocenters. The molecule has 102 valence electrons. The highest BCUT2D eigenvalue weighted by molar-refractivity contribution is 5.65. The Bertz CT molecular complexity index is 622. The van der Waals surface area contributed by atoms with E-state index in [2.05, 4.69) is 12.1 Å². The van der Waals surface area contributed by atoms with Crippen molar-refractivity contribution in [1.29, 1.82) is 10.5 Å². The van der Waals surface area contributed by atoms with Gasteiger partial charge in [0.2, 0.25) is 0 Å². The third-order valence-electron chi connectivity index (χ3n) is 3.41. The molecule has 20 heavy (non-hydrogen) atoms. The largest absolute Gasteiger partial charge is 0.495 e. The van der Waals surface area contributed by atoms with Crippen LogP contribution in [0.5, 0.6) is 5.75 Å². The van der Waals surface area contributed by atoms with Gasteiger partial charge in [0.05, 0.1) is 24.9 Å². The van der Waals surface area contributed by atoms with E-state index in [1.54, 1.807) is 19.2 Å². The van der Waals surface area contributed by atoms with Crippen LogP contribution in [0.4, 0.5) is 11.4 Å². The maximum atomic E-state index is 9.18. The number of allylic oxidation sites excluding steroid dienone is 2. The van der Waals surface area contributed by atoms with E-state index in [1.165, 1.54) is 0 Å². The number of rotatable bonds is 4. The third kappa shape index (κ3) is 2.53. The first-order valence-corrected chi connectivity index (χ1v) is 6.41. The maximum absolute atomic E-state index is 9.18. The molecule has 0 fully saturated rings. The number of anilines is 2. The van der Waals surface area contributed by atoms with Crippen LogP contribution < -0.4 is 15.4 Å². The predicted molar refractivity (Wildman–Crippen MR) is 76.9 cm³/mol. The van der Waals surface area contributed by atoms with Crippen molar-refractivity contribution in [2.75, 3.05) is 24.3 Å². The SMILES string of the molecule is COc1cc(N(CC#N)C2=C(C#N)CCC2)ccc1N. The van der Waals surface area contributed by atoms with Crippen molar-refractivity contribution in [3.05, 3.63) is 29.5 Å². The van der Waals surface area contributed by atoms with Gasteiger partial charge in [0.25, 0.3) is 0 Å². The Hall–Kier alpha value is -2.66. The van der Waals surface area contributed by atoms with Crippen LogP contribution in [0.1, 0.15) is 19.3 Å². The highest BCUT2D eigenvalue weighted by Crippen LogP contribution is 2.34. The van der Waals surface area contributed by atoms with Crippen molar-refractivity contribution in [1.82, 2.24) is 0 Å². The Morgan fingerprint density at radius 2 is 2.15 bits per heavy atom. The van der Waals surface area contributed by atoms with Gasteiger partial charge in [-0.1, -0.05) is 0 Å². The first-order valence-electron chi connectivity index (χ1n) is 6.41. The lowest BCUT2D eigenvalue weighted by Gasteiger charge is -2.24. The number of hydrogen-bond acceptors (Lipinski definition) is 5. The van der Waals surface area contributed by atoms with Crippen LogP contribution in [0.15, 0.2) is 29.5 Å². The van der Waals surface area contributed by atoms with Crippen LogP contribution in [0.3, 0.4) is 0 Å². The standard InChI is InChI=1S/C15H16N4O/c1-20-15-9-12(5-6-13(15)18)19(8-7-16)14-4-2-3-11(14)10-17/h5-6,9H,2-4,8,18H2,1H3. The summed E-state index contributed by atoms with van der Waals surface area (Å²) in [5.41, 5.74) is 8.87. The molecule has 0 amide bonds. The summed E-state index contributed by atoms with van der Waals surface area (Å²) in [7, 11) is 1.56. The molecule has 0 saturated heterocycles. The molecule has 0 aliphatic heterocycles. The van der Waals surface area contributed by atoms with E-state index in [1.807, 2.05) is 11.0 Å². The minimum absolute atomic E-state index is 0.202. The zero-order valence-electron chi connectivity index (χ0n) is 11.4. The number of hydrogen-bond donors (Lipinski definition) is 1. The molecule has 2 N–H and O–H groups in total. The van der Waals surface area contributed by atoms with Gasteiger partial charge in [-0.2, -0.15) is 10.5 Å². The Kier molecular flexibility index (Phi) is 4.12. The number of nitrogens with zero attached hydrogens (tertiary/aromatic N) is 3. The Morgan fingerprint density at radius 3 is 2.80 bits per heavy atom. The second-order valence-electron chi connectivity index (χ2n) is 4.56.